The Morgan fingerprint density at radius 1 is 1.50 bits per heavy atom. The highest BCUT2D eigenvalue weighted by molar-refractivity contribution is 9.10. The van der Waals surface area contributed by atoms with E-state index >= 15 is 0 Å². The molecule has 1 N–H and O–H groups in total. The average molecular weight is 342 g/mol. The van der Waals surface area contributed by atoms with Gasteiger partial charge >= 0.3 is 6.03 Å². The van der Waals surface area contributed by atoms with E-state index in [1.165, 1.54) is 12.1 Å². The van der Waals surface area contributed by atoms with Gasteiger partial charge in [-0.3, -0.25) is 4.79 Å². The lowest BCUT2D eigenvalue weighted by Crippen LogP contribution is -2.42. The number of nitrogens with zero attached hydrogens (tertiary/aromatic N) is 2. The fraction of sp³-hybridized carbons (Fsp3) is 0.308. The van der Waals surface area contributed by atoms with Gasteiger partial charge in [-0.1, -0.05) is 22.9 Å². The minimum absolute atomic E-state index is 0.185. The van der Waals surface area contributed by atoms with Gasteiger partial charge in [-0.2, -0.15) is 5.10 Å². The van der Waals surface area contributed by atoms with E-state index in [4.69, 9.17) is 0 Å². The molecule has 1 aromatic carbocycles. The third-order valence-corrected chi connectivity index (χ3v) is 3.71. The van der Waals surface area contributed by atoms with Gasteiger partial charge in [0.05, 0.1) is 6.21 Å². The average Bonchev–Trinajstić information content (AvgIpc) is 2.63. The molecule has 0 saturated carbocycles. The highest BCUT2D eigenvalue weighted by atomic mass is 79.9. The summed E-state index contributed by atoms with van der Waals surface area (Å²) in [6.45, 7) is 3.42. The molecular formula is C13H13BrFN3O2. The van der Waals surface area contributed by atoms with E-state index in [1.54, 1.807) is 19.9 Å². The van der Waals surface area contributed by atoms with Crippen molar-refractivity contribution in [2.24, 2.45) is 5.10 Å². The summed E-state index contributed by atoms with van der Waals surface area (Å²) in [6.07, 6.45) is 1.60. The quantitative estimate of drug-likeness (QED) is 0.678. The van der Waals surface area contributed by atoms with Crippen molar-refractivity contribution in [3.63, 3.8) is 0 Å². The van der Waals surface area contributed by atoms with Crippen LogP contribution in [0.25, 0.3) is 0 Å². The molecule has 1 aromatic rings. The summed E-state index contributed by atoms with van der Waals surface area (Å²) >= 11 is 3.21. The summed E-state index contributed by atoms with van der Waals surface area (Å²) < 4.78 is 14.2. The molecule has 0 radical (unpaired) electrons. The maximum absolute atomic E-state index is 13.5. The van der Waals surface area contributed by atoms with Gasteiger partial charge in [0.2, 0.25) is 0 Å². The molecule has 1 atom stereocenters. The molecule has 1 heterocycles. The van der Waals surface area contributed by atoms with Crippen LogP contribution in [0.3, 0.4) is 0 Å². The van der Waals surface area contributed by atoms with Crippen LogP contribution in [0, 0.1) is 5.82 Å². The number of halogens is 2. The minimum Gasteiger partial charge on any atom is -0.322 e. The van der Waals surface area contributed by atoms with Gasteiger partial charge in [-0.15, -0.1) is 5.01 Å². The molecule has 1 saturated heterocycles. The molecule has 0 aliphatic carbocycles. The van der Waals surface area contributed by atoms with E-state index in [-0.39, 0.29) is 5.56 Å². The lowest BCUT2D eigenvalue weighted by Gasteiger charge is -2.17. The Morgan fingerprint density at radius 2 is 2.20 bits per heavy atom. The van der Waals surface area contributed by atoms with Crippen molar-refractivity contribution in [1.82, 2.24) is 10.3 Å². The zero-order valence-electron chi connectivity index (χ0n) is 11.0. The van der Waals surface area contributed by atoms with E-state index in [2.05, 4.69) is 26.3 Å². The third-order valence-electron chi connectivity index (χ3n) is 3.22. The smallest absolute Gasteiger partial charge is 0.322 e. The topological polar surface area (TPSA) is 61.8 Å². The summed E-state index contributed by atoms with van der Waals surface area (Å²) in [5, 5.41) is 7.08. The molecular weight excluding hydrogens is 329 g/mol. The first kappa shape index (κ1) is 14.6. The number of urea groups is 1. The standard InChI is InChI=1S/C13H13BrFN3O2/c1-3-13(2)11(19)18(12(20)17-13)16-7-8-6-9(14)4-5-10(8)15/h4-7H,3H2,1-2H3,(H,17,20)/b16-7+. The van der Waals surface area contributed by atoms with Crippen molar-refractivity contribution in [2.75, 3.05) is 0 Å². The lowest BCUT2D eigenvalue weighted by molar-refractivity contribution is -0.130. The largest absolute Gasteiger partial charge is 0.346 e. The van der Waals surface area contributed by atoms with Crippen molar-refractivity contribution in [1.29, 1.82) is 0 Å². The second-order valence-corrected chi connectivity index (χ2v) is 5.56. The van der Waals surface area contributed by atoms with E-state index in [0.717, 1.165) is 11.2 Å². The first-order valence-corrected chi connectivity index (χ1v) is 6.82. The highest BCUT2D eigenvalue weighted by Gasteiger charge is 2.46. The number of rotatable bonds is 3. The normalized spacial score (nSPS) is 22.7. The molecule has 1 unspecified atom stereocenters. The molecule has 0 bridgehead atoms. The molecule has 106 valence electrons. The predicted molar refractivity (Wildman–Crippen MR) is 75.8 cm³/mol. The molecule has 7 heteroatoms. The Morgan fingerprint density at radius 3 is 2.80 bits per heavy atom. The Hall–Kier alpha value is -1.76. The molecule has 0 spiro atoms. The Kier molecular flexibility index (Phi) is 3.89. The summed E-state index contributed by atoms with van der Waals surface area (Å²) in [7, 11) is 0. The second-order valence-electron chi connectivity index (χ2n) is 4.64. The Labute approximate surface area is 124 Å². The minimum atomic E-state index is -0.954. The second kappa shape index (κ2) is 5.32. The van der Waals surface area contributed by atoms with Crippen molar-refractivity contribution < 1.29 is 14.0 Å². The van der Waals surface area contributed by atoms with E-state index in [0.29, 0.717) is 10.9 Å². The number of hydrazone groups is 1. The summed E-state index contributed by atoms with van der Waals surface area (Å²) in [5.41, 5.74) is -0.769. The predicted octanol–water partition coefficient (Wildman–Crippen LogP) is 2.64. The van der Waals surface area contributed by atoms with Gasteiger partial charge in [0.25, 0.3) is 5.91 Å². The molecule has 3 amide bonds. The van der Waals surface area contributed by atoms with Crippen molar-refractivity contribution in [3.8, 4) is 0 Å². The van der Waals surface area contributed by atoms with Gasteiger partial charge in [0, 0.05) is 10.0 Å². The first-order chi connectivity index (χ1) is 9.37. The Balaban J connectivity index is 2.26. The van der Waals surface area contributed by atoms with Gasteiger partial charge in [-0.05, 0) is 31.5 Å². The summed E-state index contributed by atoms with van der Waals surface area (Å²) in [5.74, 6) is -0.932. The fourth-order valence-electron chi connectivity index (χ4n) is 1.75. The van der Waals surface area contributed by atoms with Gasteiger partial charge in [-0.25, -0.2) is 9.18 Å². The summed E-state index contributed by atoms with van der Waals surface area (Å²) in [4.78, 5) is 23.8. The molecule has 1 aliphatic rings. The molecule has 2 rings (SSSR count). The molecule has 5 nitrogen and oxygen atoms in total. The van der Waals surface area contributed by atoms with Crippen LogP contribution in [0.1, 0.15) is 25.8 Å². The zero-order valence-corrected chi connectivity index (χ0v) is 12.6. The van der Waals surface area contributed by atoms with Crippen LogP contribution < -0.4 is 5.32 Å². The van der Waals surface area contributed by atoms with Crippen LogP contribution in [-0.4, -0.2) is 28.7 Å². The number of carbonyl (C=O) groups is 2. The maximum atomic E-state index is 13.5. The van der Waals surface area contributed by atoms with Crippen LogP contribution in [-0.2, 0) is 4.79 Å². The number of amides is 3. The van der Waals surface area contributed by atoms with Crippen LogP contribution in [0.15, 0.2) is 27.8 Å². The van der Waals surface area contributed by atoms with Crippen LogP contribution in [0.4, 0.5) is 9.18 Å². The van der Waals surface area contributed by atoms with Crippen molar-refractivity contribution >= 4 is 34.1 Å². The molecule has 1 fully saturated rings. The van der Waals surface area contributed by atoms with E-state index < -0.39 is 23.3 Å². The monoisotopic (exact) mass is 341 g/mol. The summed E-state index contributed by atoms with van der Waals surface area (Å²) in [6, 6.07) is 3.73. The van der Waals surface area contributed by atoms with E-state index in [1.807, 2.05) is 0 Å². The number of benzene rings is 1. The third kappa shape index (κ3) is 2.58. The fourth-order valence-corrected chi connectivity index (χ4v) is 2.13. The van der Waals surface area contributed by atoms with Crippen LogP contribution in [0.5, 0.6) is 0 Å². The van der Waals surface area contributed by atoms with Gasteiger partial charge in [0.15, 0.2) is 0 Å². The highest BCUT2D eigenvalue weighted by Crippen LogP contribution is 2.21. The molecule has 1 aliphatic heterocycles. The lowest BCUT2D eigenvalue weighted by atomic mass is 10.00. The van der Waals surface area contributed by atoms with Crippen molar-refractivity contribution in [2.45, 2.75) is 25.8 Å². The number of imide groups is 1. The molecule has 0 aromatic heterocycles. The first-order valence-electron chi connectivity index (χ1n) is 6.03. The van der Waals surface area contributed by atoms with Crippen LogP contribution >= 0.6 is 15.9 Å². The molecule has 20 heavy (non-hydrogen) atoms. The van der Waals surface area contributed by atoms with Gasteiger partial charge < -0.3 is 5.32 Å². The maximum Gasteiger partial charge on any atom is 0.346 e. The van der Waals surface area contributed by atoms with E-state index in [9.17, 15) is 14.0 Å². The number of carbonyl (C=O) groups excluding carboxylic acids is 2. The number of hydrogen-bond donors (Lipinski definition) is 1. The van der Waals surface area contributed by atoms with Crippen molar-refractivity contribution in [3.05, 3.63) is 34.1 Å². The number of hydrogen-bond acceptors (Lipinski definition) is 3. The zero-order chi connectivity index (χ0) is 14.9. The SMILES string of the molecule is CCC1(C)NC(=O)N(/N=C/c2cc(Br)ccc2F)C1=O. The Bertz CT molecular complexity index is 605. The van der Waals surface area contributed by atoms with Gasteiger partial charge in [0.1, 0.15) is 11.4 Å². The van der Waals surface area contributed by atoms with Crippen LogP contribution in [0.2, 0.25) is 0 Å². The number of nitrogens with one attached hydrogen (secondary N) is 1.